The topological polar surface area (TPSA) is 91.5 Å². The highest BCUT2D eigenvalue weighted by Gasteiger charge is 2.30. The summed E-state index contributed by atoms with van der Waals surface area (Å²) in [5, 5.41) is 18.3. The third-order valence-corrected chi connectivity index (χ3v) is 3.36. The Morgan fingerprint density at radius 1 is 1.31 bits per heavy atom. The van der Waals surface area contributed by atoms with E-state index < -0.39 is 17.7 Å². The van der Waals surface area contributed by atoms with Crippen LogP contribution in [-0.2, 0) is 20.1 Å². The zero-order valence-corrected chi connectivity index (χ0v) is 14.0. The molecule has 1 aromatic heterocycles. The zero-order chi connectivity index (χ0) is 19.3. The van der Waals surface area contributed by atoms with Crippen LogP contribution in [0.4, 0.5) is 18.9 Å². The van der Waals surface area contributed by atoms with Gasteiger partial charge in [-0.3, -0.25) is 14.8 Å². The van der Waals surface area contributed by atoms with Crippen LogP contribution in [0, 0.1) is 10.1 Å². The second kappa shape index (κ2) is 8.04. The van der Waals surface area contributed by atoms with Crippen molar-refractivity contribution in [1.82, 2.24) is 15.1 Å². The lowest BCUT2D eigenvalue weighted by Gasteiger charge is -2.14. The van der Waals surface area contributed by atoms with Gasteiger partial charge in [-0.1, -0.05) is 0 Å². The first-order valence-corrected chi connectivity index (χ1v) is 7.42. The van der Waals surface area contributed by atoms with E-state index in [1.54, 1.807) is 24.1 Å². The van der Waals surface area contributed by atoms with E-state index in [0.29, 0.717) is 6.54 Å². The average Bonchev–Trinajstić information content (AvgIpc) is 2.97. The molecule has 1 aromatic carbocycles. The van der Waals surface area contributed by atoms with Crippen molar-refractivity contribution in [2.24, 2.45) is 7.05 Å². The van der Waals surface area contributed by atoms with E-state index >= 15 is 0 Å². The minimum atomic E-state index is -4.57. The molecular weight excluding hydrogens is 357 g/mol. The molecule has 0 spiro atoms. The second-order valence-electron chi connectivity index (χ2n) is 5.42. The maximum absolute atomic E-state index is 12.3. The molecule has 2 rings (SSSR count). The van der Waals surface area contributed by atoms with E-state index in [9.17, 15) is 23.3 Å². The maximum Gasteiger partial charge on any atom is 0.422 e. The number of nitrogens with zero attached hydrogens (tertiary/aromatic N) is 3. The van der Waals surface area contributed by atoms with E-state index in [2.05, 4.69) is 15.2 Å². The van der Waals surface area contributed by atoms with Gasteiger partial charge in [-0.2, -0.15) is 18.3 Å². The van der Waals surface area contributed by atoms with Crippen molar-refractivity contribution in [3.05, 3.63) is 45.8 Å². The Balaban J connectivity index is 2.17. The van der Waals surface area contributed by atoms with Gasteiger partial charge in [-0.25, -0.2) is 0 Å². The fourth-order valence-electron chi connectivity index (χ4n) is 2.24. The minimum Gasteiger partial charge on any atom is -0.493 e. The number of benzene rings is 1. The maximum atomic E-state index is 12.3. The predicted molar refractivity (Wildman–Crippen MR) is 85.0 cm³/mol. The molecule has 0 aliphatic carbocycles. The van der Waals surface area contributed by atoms with E-state index in [0.717, 1.165) is 11.6 Å². The third-order valence-electron chi connectivity index (χ3n) is 3.36. The number of methoxy groups -OCH3 is 1. The molecule has 142 valence electrons. The molecule has 0 aliphatic heterocycles. The molecule has 1 heterocycles. The van der Waals surface area contributed by atoms with E-state index in [4.69, 9.17) is 4.74 Å². The number of nitro benzene ring substituents is 1. The van der Waals surface area contributed by atoms with Crippen LogP contribution in [0.25, 0.3) is 0 Å². The fraction of sp³-hybridized carbons (Fsp3) is 0.400. The molecule has 0 saturated heterocycles. The van der Waals surface area contributed by atoms with Crippen molar-refractivity contribution in [2.45, 2.75) is 19.3 Å². The molecule has 0 aliphatic rings. The highest BCUT2D eigenvalue weighted by molar-refractivity contribution is 5.54. The molecule has 26 heavy (non-hydrogen) atoms. The number of hydrogen-bond acceptors (Lipinski definition) is 6. The van der Waals surface area contributed by atoms with Crippen LogP contribution in [0.15, 0.2) is 24.5 Å². The first kappa shape index (κ1) is 19.5. The van der Waals surface area contributed by atoms with Gasteiger partial charge in [0, 0.05) is 37.5 Å². The van der Waals surface area contributed by atoms with Crippen LogP contribution in [0.2, 0.25) is 0 Å². The molecule has 0 radical (unpaired) electrons. The first-order chi connectivity index (χ1) is 12.2. The molecular formula is C15H17F3N4O4. The van der Waals surface area contributed by atoms with E-state index in [-0.39, 0.29) is 29.3 Å². The van der Waals surface area contributed by atoms with Gasteiger partial charge in [0.25, 0.3) is 5.69 Å². The quantitative estimate of drug-likeness (QED) is 0.564. The Hall–Kier alpha value is -2.82. The van der Waals surface area contributed by atoms with Crippen molar-refractivity contribution in [1.29, 1.82) is 0 Å². The predicted octanol–water partition coefficient (Wildman–Crippen LogP) is 2.57. The van der Waals surface area contributed by atoms with Crippen molar-refractivity contribution in [2.75, 3.05) is 13.7 Å². The number of halogens is 3. The normalized spacial score (nSPS) is 11.4. The highest BCUT2D eigenvalue weighted by Crippen LogP contribution is 2.35. The van der Waals surface area contributed by atoms with Crippen LogP contribution in [-0.4, -0.2) is 34.6 Å². The van der Waals surface area contributed by atoms with E-state index in [1.807, 2.05) is 0 Å². The third kappa shape index (κ3) is 5.34. The minimum absolute atomic E-state index is 0.0157. The zero-order valence-electron chi connectivity index (χ0n) is 14.0. The number of nitrogens with one attached hydrogen (secondary N) is 1. The summed E-state index contributed by atoms with van der Waals surface area (Å²) in [7, 11) is 3.01. The Morgan fingerprint density at radius 3 is 2.58 bits per heavy atom. The van der Waals surface area contributed by atoms with Crippen LogP contribution < -0.4 is 14.8 Å². The second-order valence-corrected chi connectivity index (χ2v) is 5.42. The van der Waals surface area contributed by atoms with Gasteiger partial charge in [0.15, 0.2) is 18.1 Å². The molecule has 2 aromatic rings. The van der Waals surface area contributed by atoms with Gasteiger partial charge in [0.05, 0.1) is 24.3 Å². The van der Waals surface area contributed by atoms with Crippen LogP contribution >= 0.6 is 0 Å². The Kier molecular flexibility index (Phi) is 6.03. The lowest BCUT2D eigenvalue weighted by Crippen LogP contribution is -2.20. The molecule has 0 fully saturated rings. The van der Waals surface area contributed by atoms with Gasteiger partial charge < -0.3 is 14.8 Å². The smallest absolute Gasteiger partial charge is 0.422 e. The Labute approximate surface area is 146 Å². The average molecular weight is 374 g/mol. The summed E-state index contributed by atoms with van der Waals surface area (Å²) in [6.07, 6.45) is -1.13. The summed E-state index contributed by atoms with van der Waals surface area (Å²) in [6.45, 7) is -1.04. The number of alkyl halides is 3. The first-order valence-electron chi connectivity index (χ1n) is 7.42. The highest BCUT2D eigenvalue weighted by atomic mass is 19.4. The summed E-state index contributed by atoms with van der Waals surface area (Å²) in [6, 6.07) is 2.23. The molecule has 1 N–H and O–H groups in total. The molecule has 0 atom stereocenters. The van der Waals surface area contributed by atoms with Crippen molar-refractivity contribution < 1.29 is 27.6 Å². The van der Waals surface area contributed by atoms with Gasteiger partial charge in [0.1, 0.15) is 0 Å². The SMILES string of the molecule is COc1cc(CNCc2cnn(C)c2)c([N+](=O)[O-])cc1OCC(F)(F)F. The molecule has 0 bridgehead atoms. The summed E-state index contributed by atoms with van der Waals surface area (Å²) in [4.78, 5) is 10.6. The largest absolute Gasteiger partial charge is 0.493 e. The number of hydrogen-bond donors (Lipinski definition) is 1. The fourth-order valence-corrected chi connectivity index (χ4v) is 2.24. The number of aromatic nitrogens is 2. The van der Waals surface area contributed by atoms with Crippen LogP contribution in [0.1, 0.15) is 11.1 Å². The monoisotopic (exact) mass is 374 g/mol. The number of rotatable bonds is 8. The lowest BCUT2D eigenvalue weighted by atomic mass is 10.1. The molecule has 11 heteroatoms. The lowest BCUT2D eigenvalue weighted by molar-refractivity contribution is -0.385. The van der Waals surface area contributed by atoms with Gasteiger partial charge in [0.2, 0.25) is 0 Å². The van der Waals surface area contributed by atoms with Gasteiger partial charge in [-0.15, -0.1) is 0 Å². The number of nitro groups is 1. The van der Waals surface area contributed by atoms with Crippen LogP contribution in [0.5, 0.6) is 11.5 Å². The Morgan fingerprint density at radius 2 is 2.04 bits per heavy atom. The number of aryl methyl sites for hydroxylation is 1. The summed E-state index contributed by atoms with van der Waals surface area (Å²) in [5.74, 6) is -0.356. The van der Waals surface area contributed by atoms with Crippen molar-refractivity contribution in [3.8, 4) is 11.5 Å². The van der Waals surface area contributed by atoms with Crippen molar-refractivity contribution in [3.63, 3.8) is 0 Å². The van der Waals surface area contributed by atoms with Crippen molar-refractivity contribution >= 4 is 5.69 Å². The van der Waals surface area contributed by atoms with E-state index in [1.165, 1.54) is 13.2 Å². The summed E-state index contributed by atoms with van der Waals surface area (Å²) in [5.41, 5.74) is 0.781. The molecule has 0 unspecified atom stereocenters. The molecule has 0 saturated carbocycles. The Bertz CT molecular complexity index is 777. The van der Waals surface area contributed by atoms with Gasteiger partial charge >= 0.3 is 6.18 Å². The molecule has 0 amide bonds. The standard InChI is InChI=1S/C15H17F3N4O4/c1-21-8-10(6-20-21)5-19-7-11-3-13(25-2)14(4-12(11)22(23)24)26-9-15(16,17)18/h3-4,6,8,19H,5,7,9H2,1-2H3. The molecule has 8 nitrogen and oxygen atoms in total. The van der Waals surface area contributed by atoms with Crippen LogP contribution in [0.3, 0.4) is 0 Å². The van der Waals surface area contributed by atoms with Gasteiger partial charge in [-0.05, 0) is 6.07 Å². The summed E-state index contributed by atoms with van der Waals surface area (Å²) < 4.78 is 48.2. The summed E-state index contributed by atoms with van der Waals surface area (Å²) >= 11 is 0. The number of ether oxygens (including phenoxy) is 2.